The predicted octanol–water partition coefficient (Wildman–Crippen LogP) is 3.71. The van der Waals surface area contributed by atoms with E-state index in [0.29, 0.717) is 34.7 Å². The van der Waals surface area contributed by atoms with Gasteiger partial charge in [-0.25, -0.2) is 4.98 Å². The molecule has 0 saturated carbocycles. The van der Waals surface area contributed by atoms with E-state index < -0.39 is 10.8 Å². The molecule has 2 N–H and O–H groups in total. The van der Waals surface area contributed by atoms with Crippen LogP contribution < -0.4 is 19.5 Å². The van der Waals surface area contributed by atoms with Gasteiger partial charge in [-0.05, 0) is 42.2 Å². The number of benzene rings is 2. The van der Waals surface area contributed by atoms with E-state index >= 15 is 0 Å². The summed E-state index contributed by atoms with van der Waals surface area (Å²) in [7, 11) is 3.62. The zero-order chi connectivity index (χ0) is 21.5. The van der Waals surface area contributed by atoms with Gasteiger partial charge in [-0.1, -0.05) is 18.2 Å². The quantitative estimate of drug-likeness (QED) is 0.511. The summed E-state index contributed by atoms with van der Waals surface area (Å²) in [5.74, 6) is 2.31. The van der Waals surface area contributed by atoms with Gasteiger partial charge in [-0.15, -0.1) is 0 Å². The summed E-state index contributed by atoms with van der Waals surface area (Å²) < 4.78 is 29.0. The lowest BCUT2D eigenvalue weighted by Crippen LogP contribution is -2.10. The molecular formula is C22H27N3O4S. The van der Waals surface area contributed by atoms with Crippen LogP contribution in [0.15, 0.2) is 47.9 Å². The molecule has 0 aliphatic heterocycles. The van der Waals surface area contributed by atoms with E-state index in [1.807, 2.05) is 37.3 Å². The van der Waals surface area contributed by atoms with Gasteiger partial charge >= 0.3 is 0 Å². The molecule has 3 rings (SSSR count). The zero-order valence-electron chi connectivity index (χ0n) is 17.7. The van der Waals surface area contributed by atoms with Gasteiger partial charge in [0.25, 0.3) is 0 Å². The van der Waals surface area contributed by atoms with Crippen molar-refractivity contribution in [2.45, 2.75) is 24.3 Å². The molecule has 1 atom stereocenters. The van der Waals surface area contributed by atoms with Crippen molar-refractivity contribution in [2.24, 2.45) is 0 Å². The van der Waals surface area contributed by atoms with Crippen LogP contribution in [0, 0.1) is 6.92 Å². The SMILES string of the molecule is COc1cc(CCNc2ccccc2CS(=O)c2ncc[nH]2)c(C)c(OC)c1OC. The van der Waals surface area contributed by atoms with Crippen LogP contribution >= 0.6 is 0 Å². The first-order valence-electron chi connectivity index (χ1n) is 9.57. The number of ether oxygens (including phenoxy) is 3. The normalized spacial score (nSPS) is 11.7. The van der Waals surface area contributed by atoms with Crippen LogP contribution in [-0.2, 0) is 23.0 Å². The summed E-state index contributed by atoms with van der Waals surface area (Å²) in [6.07, 6.45) is 4.05. The van der Waals surface area contributed by atoms with Gasteiger partial charge in [0.05, 0.1) is 37.9 Å². The Balaban J connectivity index is 1.72. The largest absolute Gasteiger partial charge is 0.493 e. The molecule has 2 aromatic carbocycles. The Morgan fingerprint density at radius 1 is 1.07 bits per heavy atom. The number of nitrogens with zero attached hydrogens (tertiary/aromatic N) is 1. The Kier molecular flexibility index (Phi) is 7.35. The third-order valence-electron chi connectivity index (χ3n) is 4.89. The summed E-state index contributed by atoms with van der Waals surface area (Å²) in [6.45, 7) is 2.71. The standard InChI is InChI=1S/C22H27N3O4S/c1-15-16(13-19(27-2)21(29-4)20(15)28-3)9-10-23-18-8-6-5-7-17(18)14-30(26)22-24-11-12-25-22/h5-8,11-13,23H,9-10,14H2,1-4H3,(H,24,25). The third kappa shape index (κ3) is 4.76. The van der Waals surface area contributed by atoms with Gasteiger partial charge in [0, 0.05) is 24.6 Å². The number of rotatable bonds is 10. The van der Waals surface area contributed by atoms with Crippen molar-refractivity contribution in [1.29, 1.82) is 0 Å². The van der Waals surface area contributed by atoms with Crippen molar-refractivity contribution in [3.05, 3.63) is 59.4 Å². The van der Waals surface area contributed by atoms with Gasteiger partial charge in [0.15, 0.2) is 16.7 Å². The summed E-state index contributed by atoms with van der Waals surface area (Å²) in [4.78, 5) is 7.00. The average Bonchev–Trinajstić information content (AvgIpc) is 3.30. The summed E-state index contributed by atoms with van der Waals surface area (Å²) >= 11 is 0. The van der Waals surface area contributed by atoms with Crippen molar-refractivity contribution in [1.82, 2.24) is 9.97 Å². The minimum absolute atomic E-state index is 0.389. The van der Waals surface area contributed by atoms with E-state index in [1.54, 1.807) is 33.7 Å². The van der Waals surface area contributed by atoms with Crippen LogP contribution in [0.1, 0.15) is 16.7 Å². The number of H-pyrrole nitrogens is 1. The minimum Gasteiger partial charge on any atom is -0.493 e. The maximum absolute atomic E-state index is 12.5. The van der Waals surface area contributed by atoms with Crippen molar-refractivity contribution in [3.8, 4) is 17.2 Å². The number of aromatic nitrogens is 2. The van der Waals surface area contributed by atoms with Crippen molar-refractivity contribution in [2.75, 3.05) is 33.2 Å². The van der Waals surface area contributed by atoms with E-state index in [4.69, 9.17) is 14.2 Å². The summed E-state index contributed by atoms with van der Waals surface area (Å²) in [6, 6.07) is 9.87. The molecule has 3 aromatic rings. The second-order valence-electron chi connectivity index (χ2n) is 6.65. The molecule has 0 radical (unpaired) electrons. The van der Waals surface area contributed by atoms with Gasteiger partial charge in [0.2, 0.25) is 5.75 Å². The number of hydrogen-bond acceptors (Lipinski definition) is 6. The van der Waals surface area contributed by atoms with Crippen LogP contribution in [0.25, 0.3) is 0 Å². The summed E-state index contributed by atoms with van der Waals surface area (Å²) in [5, 5.41) is 3.95. The zero-order valence-corrected chi connectivity index (χ0v) is 18.5. The Bertz CT molecular complexity index is 1010. The molecule has 0 saturated heterocycles. The molecule has 0 fully saturated rings. The Morgan fingerprint density at radius 2 is 1.83 bits per heavy atom. The molecule has 0 amide bonds. The fraction of sp³-hybridized carbons (Fsp3) is 0.318. The van der Waals surface area contributed by atoms with Crippen molar-refractivity contribution in [3.63, 3.8) is 0 Å². The first kappa shape index (κ1) is 21.7. The van der Waals surface area contributed by atoms with E-state index in [2.05, 4.69) is 15.3 Å². The smallest absolute Gasteiger partial charge is 0.203 e. The van der Waals surface area contributed by atoms with Crippen molar-refractivity contribution >= 4 is 16.5 Å². The van der Waals surface area contributed by atoms with Crippen LogP contribution in [0.5, 0.6) is 17.2 Å². The maximum atomic E-state index is 12.5. The average molecular weight is 430 g/mol. The van der Waals surface area contributed by atoms with Crippen LogP contribution in [0.2, 0.25) is 0 Å². The highest BCUT2D eigenvalue weighted by molar-refractivity contribution is 7.84. The van der Waals surface area contributed by atoms with Gasteiger partial charge in [-0.3, -0.25) is 4.21 Å². The van der Waals surface area contributed by atoms with E-state index in [1.165, 1.54) is 0 Å². The molecule has 8 heteroatoms. The monoisotopic (exact) mass is 429 g/mol. The lowest BCUT2D eigenvalue weighted by molar-refractivity contribution is 0.322. The van der Waals surface area contributed by atoms with E-state index in [9.17, 15) is 4.21 Å². The second kappa shape index (κ2) is 10.2. The number of imidazole rings is 1. The molecule has 7 nitrogen and oxygen atoms in total. The lowest BCUT2D eigenvalue weighted by Gasteiger charge is -2.18. The van der Waals surface area contributed by atoms with Crippen molar-refractivity contribution < 1.29 is 18.4 Å². The molecule has 1 heterocycles. The predicted molar refractivity (Wildman–Crippen MR) is 118 cm³/mol. The second-order valence-corrected chi connectivity index (χ2v) is 8.01. The highest BCUT2D eigenvalue weighted by atomic mass is 32.2. The number of methoxy groups -OCH3 is 3. The molecule has 0 aliphatic rings. The first-order chi connectivity index (χ1) is 14.6. The fourth-order valence-corrected chi connectivity index (χ4v) is 4.39. The highest BCUT2D eigenvalue weighted by Crippen LogP contribution is 2.41. The Labute approximate surface area is 179 Å². The Hall–Kier alpha value is -3.00. The summed E-state index contributed by atoms with van der Waals surface area (Å²) in [5.41, 5.74) is 4.06. The third-order valence-corrected chi connectivity index (χ3v) is 6.12. The first-order valence-corrected chi connectivity index (χ1v) is 10.9. The molecule has 160 valence electrons. The highest BCUT2D eigenvalue weighted by Gasteiger charge is 2.18. The molecular weight excluding hydrogens is 402 g/mol. The fourth-order valence-electron chi connectivity index (χ4n) is 3.35. The topological polar surface area (TPSA) is 85.5 Å². The van der Waals surface area contributed by atoms with Crippen LogP contribution in [-0.4, -0.2) is 42.1 Å². The van der Waals surface area contributed by atoms with E-state index in [0.717, 1.165) is 28.8 Å². The molecule has 0 spiro atoms. The maximum Gasteiger partial charge on any atom is 0.203 e. The molecule has 0 aliphatic carbocycles. The molecule has 30 heavy (non-hydrogen) atoms. The van der Waals surface area contributed by atoms with Crippen LogP contribution in [0.4, 0.5) is 5.69 Å². The molecule has 1 aromatic heterocycles. The number of para-hydroxylation sites is 1. The van der Waals surface area contributed by atoms with E-state index in [-0.39, 0.29) is 0 Å². The van der Waals surface area contributed by atoms with Crippen LogP contribution in [0.3, 0.4) is 0 Å². The van der Waals surface area contributed by atoms with Gasteiger partial charge in [0.1, 0.15) is 0 Å². The lowest BCUT2D eigenvalue weighted by atomic mass is 10.0. The number of nitrogens with one attached hydrogen (secondary N) is 2. The molecule has 0 bridgehead atoms. The minimum atomic E-state index is -1.22. The number of anilines is 1. The molecule has 1 unspecified atom stereocenters. The number of hydrogen-bond donors (Lipinski definition) is 2. The van der Waals surface area contributed by atoms with Gasteiger partial charge in [-0.2, -0.15) is 0 Å². The van der Waals surface area contributed by atoms with Gasteiger partial charge < -0.3 is 24.5 Å². The Morgan fingerprint density at radius 3 is 2.50 bits per heavy atom. The number of aromatic amines is 1.